The Kier molecular flexibility index (Phi) is 5.15. The van der Waals surface area contributed by atoms with Crippen molar-refractivity contribution in [3.63, 3.8) is 0 Å². The molecule has 0 amide bonds. The fourth-order valence-electron chi connectivity index (χ4n) is 2.49. The van der Waals surface area contributed by atoms with Crippen LogP contribution in [0.5, 0.6) is 5.88 Å². The minimum atomic E-state index is 0.346. The Hall–Kier alpha value is -1.62. The van der Waals surface area contributed by atoms with Crippen LogP contribution in [0, 0.1) is 0 Å². The molecule has 0 aliphatic heterocycles. The molecule has 1 aliphatic carbocycles. The van der Waals surface area contributed by atoms with Crippen LogP contribution >= 0.6 is 0 Å². The average molecular weight is 262 g/mol. The van der Waals surface area contributed by atoms with Gasteiger partial charge in [0.25, 0.3) is 0 Å². The number of nitrogens with two attached hydrogens (primary N) is 1. The third-order valence-corrected chi connectivity index (χ3v) is 3.49. The van der Waals surface area contributed by atoms with Gasteiger partial charge < -0.3 is 10.2 Å². The molecule has 3 N–H and O–H groups in total. The van der Waals surface area contributed by atoms with Gasteiger partial charge in [-0.25, -0.2) is 10.8 Å². The van der Waals surface area contributed by atoms with E-state index in [4.69, 9.17) is 15.6 Å². The molecular weight excluding hydrogens is 240 g/mol. The third kappa shape index (κ3) is 3.67. The lowest BCUT2D eigenvalue weighted by molar-refractivity contribution is 0.396. The molecule has 0 atom stereocenters. The van der Waals surface area contributed by atoms with Gasteiger partial charge in [-0.3, -0.25) is 4.99 Å². The molecule has 2 rings (SSSR count). The second-order valence-electron chi connectivity index (χ2n) is 4.83. The molecule has 5 heteroatoms. The lowest BCUT2D eigenvalue weighted by atomic mass is 10.1. The summed E-state index contributed by atoms with van der Waals surface area (Å²) < 4.78 is 5.25. The molecule has 0 unspecified atom stereocenters. The van der Waals surface area contributed by atoms with Gasteiger partial charge in [0.1, 0.15) is 5.84 Å². The van der Waals surface area contributed by atoms with E-state index in [-0.39, 0.29) is 0 Å². The number of rotatable bonds is 3. The maximum atomic E-state index is 5.62. The second-order valence-corrected chi connectivity index (χ2v) is 4.83. The molecule has 0 aromatic carbocycles. The molecule has 104 valence electrons. The van der Waals surface area contributed by atoms with Crippen LogP contribution in [0.2, 0.25) is 0 Å². The Morgan fingerprint density at radius 2 is 2.11 bits per heavy atom. The number of methoxy groups -OCH3 is 1. The van der Waals surface area contributed by atoms with Gasteiger partial charge in [0.05, 0.1) is 18.7 Å². The summed E-state index contributed by atoms with van der Waals surface area (Å²) >= 11 is 0. The summed E-state index contributed by atoms with van der Waals surface area (Å²) in [4.78, 5) is 8.93. The number of aliphatic imine (C=N–C) groups is 1. The topological polar surface area (TPSA) is 72.5 Å². The lowest BCUT2D eigenvalue weighted by Crippen LogP contribution is -2.33. The van der Waals surface area contributed by atoms with Crippen LogP contribution in [0.3, 0.4) is 0 Å². The smallest absolute Gasteiger partial charge is 0.224 e. The molecule has 0 bridgehead atoms. The molecule has 1 aromatic rings. The van der Waals surface area contributed by atoms with Gasteiger partial charge in [-0.2, -0.15) is 0 Å². The Balaban J connectivity index is 2.22. The lowest BCUT2D eigenvalue weighted by Gasteiger charge is -2.14. The van der Waals surface area contributed by atoms with Crippen molar-refractivity contribution in [1.29, 1.82) is 0 Å². The Morgan fingerprint density at radius 1 is 1.37 bits per heavy atom. The van der Waals surface area contributed by atoms with Crippen LogP contribution in [0.25, 0.3) is 0 Å². The normalized spacial score (nSPS) is 17.9. The average Bonchev–Trinajstić information content (AvgIpc) is 2.73. The number of hydrazine groups is 1. The van der Waals surface area contributed by atoms with E-state index in [0.29, 0.717) is 17.8 Å². The van der Waals surface area contributed by atoms with Gasteiger partial charge in [-0.05, 0) is 25.0 Å². The van der Waals surface area contributed by atoms with Crippen LogP contribution in [-0.4, -0.2) is 24.0 Å². The summed E-state index contributed by atoms with van der Waals surface area (Å²) in [7, 11) is 1.60. The fourth-order valence-corrected chi connectivity index (χ4v) is 2.49. The molecule has 1 heterocycles. The van der Waals surface area contributed by atoms with E-state index in [1.54, 1.807) is 13.3 Å². The largest absolute Gasteiger partial charge is 0.480 e. The molecule has 19 heavy (non-hydrogen) atoms. The summed E-state index contributed by atoms with van der Waals surface area (Å²) in [5.74, 6) is 6.83. The Labute approximate surface area is 114 Å². The minimum absolute atomic E-state index is 0.346. The van der Waals surface area contributed by atoms with E-state index in [9.17, 15) is 0 Å². The van der Waals surface area contributed by atoms with Crippen LogP contribution in [0.1, 0.15) is 44.1 Å². The van der Waals surface area contributed by atoms with E-state index in [1.807, 2.05) is 12.1 Å². The summed E-state index contributed by atoms with van der Waals surface area (Å²) in [6.07, 6.45) is 9.08. The van der Waals surface area contributed by atoms with Gasteiger partial charge >= 0.3 is 0 Å². The highest BCUT2D eigenvalue weighted by Gasteiger charge is 2.15. The first-order valence-electron chi connectivity index (χ1n) is 6.89. The van der Waals surface area contributed by atoms with Crippen molar-refractivity contribution in [3.05, 3.63) is 23.9 Å². The van der Waals surface area contributed by atoms with E-state index in [1.165, 1.54) is 25.7 Å². The number of nitrogens with zero attached hydrogens (tertiary/aromatic N) is 2. The zero-order chi connectivity index (χ0) is 13.5. The number of nitrogens with one attached hydrogen (secondary N) is 1. The van der Waals surface area contributed by atoms with Gasteiger partial charge in [0.2, 0.25) is 5.88 Å². The Bertz CT molecular complexity index is 425. The summed E-state index contributed by atoms with van der Waals surface area (Å²) in [6, 6.07) is 4.12. The highest BCUT2D eigenvalue weighted by Crippen LogP contribution is 2.21. The summed E-state index contributed by atoms with van der Waals surface area (Å²) in [6.45, 7) is 0. The van der Waals surface area contributed by atoms with Crippen LogP contribution in [-0.2, 0) is 0 Å². The first kappa shape index (κ1) is 13.8. The molecule has 1 aromatic heterocycles. The van der Waals surface area contributed by atoms with Crippen molar-refractivity contribution in [2.45, 2.75) is 44.6 Å². The van der Waals surface area contributed by atoms with Gasteiger partial charge in [-0.15, -0.1) is 0 Å². The zero-order valence-electron chi connectivity index (χ0n) is 11.4. The molecular formula is C14H22N4O. The number of aromatic nitrogens is 1. The monoisotopic (exact) mass is 262 g/mol. The molecule has 0 radical (unpaired) electrons. The summed E-state index contributed by atoms with van der Waals surface area (Å²) in [5.41, 5.74) is 3.51. The van der Waals surface area contributed by atoms with Crippen molar-refractivity contribution < 1.29 is 4.74 Å². The fraction of sp³-hybridized carbons (Fsp3) is 0.571. The van der Waals surface area contributed by atoms with Gasteiger partial charge in [0.15, 0.2) is 0 Å². The van der Waals surface area contributed by atoms with E-state index in [0.717, 1.165) is 18.4 Å². The van der Waals surface area contributed by atoms with Gasteiger partial charge in [0, 0.05) is 6.20 Å². The van der Waals surface area contributed by atoms with Gasteiger partial charge in [-0.1, -0.05) is 25.7 Å². The minimum Gasteiger partial charge on any atom is -0.480 e. The Morgan fingerprint density at radius 3 is 2.74 bits per heavy atom. The number of pyridine rings is 1. The maximum absolute atomic E-state index is 5.62. The first-order chi connectivity index (χ1) is 9.35. The molecule has 1 fully saturated rings. The SMILES string of the molecule is COc1ncccc1C(=NC1CCCCCC1)NN. The molecule has 1 saturated carbocycles. The van der Waals surface area contributed by atoms with E-state index >= 15 is 0 Å². The summed E-state index contributed by atoms with van der Waals surface area (Å²) in [5, 5.41) is 0. The van der Waals surface area contributed by atoms with Crippen molar-refractivity contribution in [3.8, 4) is 5.88 Å². The molecule has 1 aliphatic rings. The number of hydrogen-bond donors (Lipinski definition) is 2. The molecule has 0 saturated heterocycles. The van der Waals surface area contributed by atoms with Crippen molar-refractivity contribution in [2.75, 3.05) is 7.11 Å². The van der Waals surface area contributed by atoms with Crippen molar-refractivity contribution in [1.82, 2.24) is 10.4 Å². The number of hydrogen-bond acceptors (Lipinski definition) is 4. The van der Waals surface area contributed by atoms with Crippen molar-refractivity contribution in [2.24, 2.45) is 10.8 Å². The van der Waals surface area contributed by atoms with E-state index in [2.05, 4.69) is 10.4 Å². The third-order valence-electron chi connectivity index (χ3n) is 3.49. The highest BCUT2D eigenvalue weighted by atomic mass is 16.5. The molecule has 5 nitrogen and oxygen atoms in total. The maximum Gasteiger partial charge on any atom is 0.224 e. The van der Waals surface area contributed by atoms with Crippen LogP contribution in [0.15, 0.2) is 23.3 Å². The molecule has 0 spiro atoms. The predicted octanol–water partition coefficient (Wildman–Crippen LogP) is 2.02. The van der Waals surface area contributed by atoms with E-state index < -0.39 is 0 Å². The zero-order valence-corrected chi connectivity index (χ0v) is 11.4. The predicted molar refractivity (Wildman–Crippen MR) is 76.1 cm³/mol. The van der Waals surface area contributed by atoms with Crippen LogP contribution in [0.4, 0.5) is 0 Å². The van der Waals surface area contributed by atoms with Crippen LogP contribution < -0.4 is 16.0 Å². The number of amidine groups is 1. The standard InChI is InChI=1S/C14H22N4O/c1-19-14-12(9-6-10-16-14)13(18-15)17-11-7-4-2-3-5-8-11/h6,9-11H,2-5,7-8,15H2,1H3,(H,17,18). The number of ether oxygens (including phenoxy) is 1. The second kappa shape index (κ2) is 7.09. The van der Waals surface area contributed by atoms with Crippen molar-refractivity contribution >= 4 is 5.84 Å². The highest BCUT2D eigenvalue weighted by molar-refractivity contribution is 6.00. The quantitative estimate of drug-likeness (QED) is 0.287. The first-order valence-corrected chi connectivity index (χ1v) is 6.89.